The number of hydrogen-bond donors (Lipinski definition) is 4. The van der Waals surface area contributed by atoms with Gasteiger partial charge in [0, 0.05) is 11.4 Å². The quantitative estimate of drug-likeness (QED) is 0.668. The van der Waals surface area contributed by atoms with Crippen LogP contribution in [-0.4, -0.2) is 34.9 Å². The molecule has 0 aliphatic rings. The molecule has 0 radical (unpaired) electrons. The third-order valence-corrected chi connectivity index (χ3v) is 3.51. The van der Waals surface area contributed by atoms with Gasteiger partial charge in [-0.3, -0.25) is 5.32 Å². The van der Waals surface area contributed by atoms with Crippen LogP contribution in [0, 0.1) is 13.8 Å². The first-order valence-corrected chi connectivity index (χ1v) is 6.20. The zero-order chi connectivity index (χ0) is 13.9. The minimum atomic E-state index is -1.07. The number of anilines is 1. The molecule has 1 rings (SSSR count). The van der Waals surface area contributed by atoms with Gasteiger partial charge in [0.15, 0.2) is 0 Å². The second kappa shape index (κ2) is 5.83. The SMILES string of the molecule is Cc1sc(NC(=O)NC[C@@H](C)O)c(C(=O)O)c1C. The van der Waals surface area contributed by atoms with E-state index < -0.39 is 18.1 Å². The van der Waals surface area contributed by atoms with E-state index in [2.05, 4.69) is 10.6 Å². The summed E-state index contributed by atoms with van der Waals surface area (Å²) < 4.78 is 0. The summed E-state index contributed by atoms with van der Waals surface area (Å²) in [5.41, 5.74) is 0.767. The van der Waals surface area contributed by atoms with Gasteiger partial charge >= 0.3 is 12.0 Å². The highest BCUT2D eigenvalue weighted by Gasteiger charge is 2.20. The molecule has 7 heteroatoms. The van der Waals surface area contributed by atoms with Crippen LogP contribution in [0.25, 0.3) is 0 Å². The Balaban J connectivity index is 2.81. The average molecular weight is 272 g/mol. The van der Waals surface area contributed by atoms with E-state index in [1.54, 1.807) is 20.8 Å². The van der Waals surface area contributed by atoms with Gasteiger partial charge < -0.3 is 15.5 Å². The number of carbonyl (C=O) groups is 2. The van der Waals surface area contributed by atoms with Gasteiger partial charge in [0.1, 0.15) is 5.00 Å². The summed E-state index contributed by atoms with van der Waals surface area (Å²) in [6.07, 6.45) is -0.651. The number of amides is 2. The van der Waals surface area contributed by atoms with Gasteiger partial charge in [-0.2, -0.15) is 0 Å². The van der Waals surface area contributed by atoms with Crippen molar-refractivity contribution in [2.75, 3.05) is 11.9 Å². The molecule has 0 aromatic carbocycles. The molecule has 2 amide bonds. The van der Waals surface area contributed by atoms with Crippen molar-refractivity contribution in [2.45, 2.75) is 26.9 Å². The molecule has 0 unspecified atom stereocenters. The van der Waals surface area contributed by atoms with E-state index in [9.17, 15) is 9.59 Å². The molecule has 1 atom stereocenters. The first-order chi connectivity index (χ1) is 8.32. The number of hydrogen-bond acceptors (Lipinski definition) is 4. The summed E-state index contributed by atoms with van der Waals surface area (Å²) >= 11 is 1.22. The number of aliphatic hydroxyl groups excluding tert-OH is 1. The summed E-state index contributed by atoms with van der Waals surface area (Å²) in [5, 5.41) is 23.3. The Bertz CT molecular complexity index is 468. The molecule has 0 aliphatic heterocycles. The Morgan fingerprint density at radius 2 is 2.00 bits per heavy atom. The Morgan fingerprint density at radius 3 is 2.50 bits per heavy atom. The molecule has 0 aliphatic carbocycles. The fourth-order valence-electron chi connectivity index (χ4n) is 1.36. The lowest BCUT2D eigenvalue weighted by Crippen LogP contribution is -2.34. The van der Waals surface area contributed by atoms with Crippen LogP contribution in [0.3, 0.4) is 0 Å². The maximum atomic E-state index is 11.5. The molecule has 100 valence electrons. The Kier molecular flexibility index (Phi) is 4.69. The molecule has 4 N–H and O–H groups in total. The molecule has 0 spiro atoms. The van der Waals surface area contributed by atoms with Crippen LogP contribution >= 0.6 is 11.3 Å². The number of aryl methyl sites for hydroxylation is 1. The van der Waals surface area contributed by atoms with Crippen LogP contribution in [0.5, 0.6) is 0 Å². The molecular weight excluding hydrogens is 256 g/mol. The molecule has 0 saturated heterocycles. The highest BCUT2D eigenvalue weighted by atomic mass is 32.1. The van der Waals surface area contributed by atoms with Crippen molar-refractivity contribution in [1.29, 1.82) is 0 Å². The number of carboxylic acids is 1. The number of nitrogens with one attached hydrogen (secondary N) is 2. The van der Waals surface area contributed by atoms with Crippen LogP contribution in [0.15, 0.2) is 0 Å². The zero-order valence-electron chi connectivity index (χ0n) is 10.4. The van der Waals surface area contributed by atoms with Crippen LogP contribution < -0.4 is 10.6 Å². The fourth-order valence-corrected chi connectivity index (χ4v) is 2.41. The molecule has 1 heterocycles. The summed E-state index contributed by atoms with van der Waals surface area (Å²) in [7, 11) is 0. The molecule has 0 bridgehead atoms. The second-order valence-electron chi connectivity index (χ2n) is 3.98. The number of thiophene rings is 1. The van der Waals surface area contributed by atoms with Crippen molar-refractivity contribution in [2.24, 2.45) is 0 Å². The van der Waals surface area contributed by atoms with Gasteiger partial charge in [-0.05, 0) is 26.3 Å². The normalized spacial score (nSPS) is 12.0. The second-order valence-corrected chi connectivity index (χ2v) is 5.20. The topological polar surface area (TPSA) is 98.7 Å². The highest BCUT2D eigenvalue weighted by Crippen LogP contribution is 2.32. The van der Waals surface area contributed by atoms with Crippen LogP contribution in [0.1, 0.15) is 27.7 Å². The maximum Gasteiger partial charge on any atom is 0.338 e. The van der Waals surface area contributed by atoms with E-state index in [-0.39, 0.29) is 12.1 Å². The lowest BCUT2D eigenvalue weighted by atomic mass is 10.1. The van der Waals surface area contributed by atoms with Crippen molar-refractivity contribution < 1.29 is 19.8 Å². The van der Waals surface area contributed by atoms with Crippen molar-refractivity contribution >= 4 is 28.3 Å². The van der Waals surface area contributed by atoms with Crippen molar-refractivity contribution in [3.8, 4) is 0 Å². The molecule has 1 aromatic rings. The summed E-state index contributed by atoms with van der Waals surface area (Å²) in [6.45, 7) is 5.15. The predicted octanol–water partition coefficient (Wildman–Crippen LogP) is 1.57. The van der Waals surface area contributed by atoms with Gasteiger partial charge in [-0.15, -0.1) is 11.3 Å². The molecule has 6 nitrogen and oxygen atoms in total. The third kappa shape index (κ3) is 3.44. The van der Waals surface area contributed by atoms with E-state index >= 15 is 0 Å². The number of carbonyl (C=O) groups excluding carboxylic acids is 1. The highest BCUT2D eigenvalue weighted by molar-refractivity contribution is 7.16. The number of aromatic carboxylic acids is 1. The number of urea groups is 1. The molecular formula is C11H16N2O4S. The maximum absolute atomic E-state index is 11.5. The van der Waals surface area contributed by atoms with E-state index in [4.69, 9.17) is 10.2 Å². The molecule has 1 aromatic heterocycles. The van der Waals surface area contributed by atoms with Crippen LogP contribution in [0.2, 0.25) is 0 Å². The van der Waals surface area contributed by atoms with Crippen molar-refractivity contribution in [3.63, 3.8) is 0 Å². The van der Waals surface area contributed by atoms with Crippen LogP contribution in [0.4, 0.5) is 9.80 Å². The summed E-state index contributed by atoms with van der Waals surface area (Å²) in [4.78, 5) is 23.4. The van der Waals surface area contributed by atoms with Crippen molar-refractivity contribution in [1.82, 2.24) is 5.32 Å². The largest absolute Gasteiger partial charge is 0.478 e. The fraction of sp³-hybridized carbons (Fsp3) is 0.455. The Hall–Kier alpha value is -1.60. The smallest absolute Gasteiger partial charge is 0.338 e. The van der Waals surface area contributed by atoms with Gasteiger partial charge in [-0.25, -0.2) is 9.59 Å². The minimum absolute atomic E-state index is 0.109. The summed E-state index contributed by atoms with van der Waals surface area (Å²) in [6, 6.07) is -0.528. The molecule has 0 fully saturated rings. The van der Waals surface area contributed by atoms with E-state index in [0.717, 1.165) is 4.88 Å². The number of rotatable bonds is 4. The average Bonchev–Trinajstić information content (AvgIpc) is 2.51. The van der Waals surface area contributed by atoms with Gasteiger partial charge in [0.05, 0.1) is 11.7 Å². The van der Waals surface area contributed by atoms with E-state index in [1.807, 2.05) is 0 Å². The predicted molar refractivity (Wildman–Crippen MR) is 69.5 cm³/mol. The monoisotopic (exact) mass is 272 g/mol. The van der Waals surface area contributed by atoms with Crippen LogP contribution in [-0.2, 0) is 0 Å². The lowest BCUT2D eigenvalue weighted by molar-refractivity contribution is 0.0697. The Morgan fingerprint density at radius 1 is 1.39 bits per heavy atom. The van der Waals surface area contributed by atoms with Gasteiger partial charge in [0.25, 0.3) is 0 Å². The number of carboxylic acid groups (broad SMARTS) is 1. The minimum Gasteiger partial charge on any atom is -0.478 e. The number of aliphatic hydroxyl groups is 1. The zero-order valence-corrected chi connectivity index (χ0v) is 11.2. The third-order valence-electron chi connectivity index (χ3n) is 2.38. The van der Waals surface area contributed by atoms with Gasteiger partial charge in [0.2, 0.25) is 0 Å². The standard InChI is InChI=1S/C11H16N2O4S/c1-5(14)4-12-11(17)13-9-8(10(15)16)6(2)7(3)18-9/h5,14H,4H2,1-3H3,(H,15,16)(H2,12,13,17)/t5-/m1/s1. The Labute approximate surface area is 109 Å². The first-order valence-electron chi connectivity index (χ1n) is 5.39. The van der Waals surface area contributed by atoms with Gasteiger partial charge in [-0.1, -0.05) is 0 Å². The lowest BCUT2D eigenvalue weighted by Gasteiger charge is -2.08. The molecule has 0 saturated carbocycles. The molecule has 18 heavy (non-hydrogen) atoms. The van der Waals surface area contributed by atoms with E-state index in [0.29, 0.717) is 10.6 Å². The summed E-state index contributed by atoms with van der Waals surface area (Å²) in [5.74, 6) is -1.07. The first kappa shape index (κ1) is 14.5. The van der Waals surface area contributed by atoms with Crippen molar-refractivity contribution in [3.05, 3.63) is 16.0 Å². The van der Waals surface area contributed by atoms with E-state index in [1.165, 1.54) is 11.3 Å².